The van der Waals surface area contributed by atoms with Crippen LogP contribution >= 0.6 is 23.2 Å². The summed E-state index contributed by atoms with van der Waals surface area (Å²) in [6.45, 7) is 0. The number of non-ortho nitro benzene ring substituents is 1. The van der Waals surface area contributed by atoms with E-state index in [2.05, 4.69) is 5.10 Å². The SMILES string of the molecule is O=C1[C@H]2C(c3ccc([N+](=O)[O-])cc3)=NN(c3ccccc3)[C@@H]2C(=O)N1c1ccc(Cl)cc1Cl. The lowest BCUT2D eigenvalue weighted by Crippen LogP contribution is -2.39. The van der Waals surface area contributed by atoms with E-state index in [0.29, 0.717) is 22.0 Å². The van der Waals surface area contributed by atoms with Crippen molar-refractivity contribution < 1.29 is 14.5 Å². The number of imide groups is 1. The number of hydrogen-bond acceptors (Lipinski definition) is 6. The fourth-order valence-corrected chi connectivity index (χ4v) is 4.59. The third-order valence-electron chi connectivity index (χ3n) is 5.59. The predicted octanol–water partition coefficient (Wildman–Crippen LogP) is 4.68. The minimum atomic E-state index is -0.920. The molecule has 0 aliphatic carbocycles. The Bertz CT molecular complexity index is 1330. The van der Waals surface area contributed by atoms with E-state index in [-0.39, 0.29) is 16.4 Å². The summed E-state index contributed by atoms with van der Waals surface area (Å²) in [6, 6.07) is 18.4. The molecule has 2 amide bonds. The Morgan fingerprint density at radius 1 is 0.909 bits per heavy atom. The minimum Gasteiger partial charge on any atom is -0.273 e. The summed E-state index contributed by atoms with van der Waals surface area (Å²) in [4.78, 5) is 38.7. The monoisotopic (exact) mass is 480 g/mol. The lowest BCUT2D eigenvalue weighted by atomic mass is 9.92. The number of hydrogen-bond donors (Lipinski definition) is 0. The van der Waals surface area contributed by atoms with Gasteiger partial charge in [-0.3, -0.25) is 24.7 Å². The van der Waals surface area contributed by atoms with E-state index >= 15 is 0 Å². The molecule has 3 aromatic carbocycles. The number of nitro groups is 1. The van der Waals surface area contributed by atoms with Gasteiger partial charge in [0.15, 0.2) is 0 Å². The molecule has 33 heavy (non-hydrogen) atoms. The van der Waals surface area contributed by atoms with Crippen molar-refractivity contribution in [1.82, 2.24) is 0 Å². The predicted molar refractivity (Wildman–Crippen MR) is 125 cm³/mol. The van der Waals surface area contributed by atoms with Gasteiger partial charge < -0.3 is 0 Å². The second-order valence-corrected chi connectivity index (χ2v) is 8.34. The number of halogens is 2. The molecule has 3 aromatic rings. The van der Waals surface area contributed by atoms with Crippen LogP contribution in [0.4, 0.5) is 17.1 Å². The quantitative estimate of drug-likeness (QED) is 0.306. The highest BCUT2D eigenvalue weighted by atomic mass is 35.5. The van der Waals surface area contributed by atoms with Crippen LogP contribution in [0.15, 0.2) is 77.9 Å². The maximum Gasteiger partial charge on any atom is 0.269 e. The van der Waals surface area contributed by atoms with Crippen molar-refractivity contribution in [3.8, 4) is 0 Å². The van der Waals surface area contributed by atoms with Gasteiger partial charge in [0.1, 0.15) is 12.0 Å². The fraction of sp³-hybridized carbons (Fsp3) is 0.0870. The Kier molecular flexibility index (Phi) is 5.11. The van der Waals surface area contributed by atoms with Crippen molar-refractivity contribution in [1.29, 1.82) is 0 Å². The molecule has 0 saturated carbocycles. The molecule has 5 rings (SSSR count). The number of rotatable bonds is 4. The van der Waals surface area contributed by atoms with Crippen molar-refractivity contribution in [2.75, 3.05) is 9.91 Å². The van der Waals surface area contributed by atoms with Gasteiger partial charge in [0, 0.05) is 17.2 Å². The molecule has 0 bridgehead atoms. The van der Waals surface area contributed by atoms with Gasteiger partial charge in [-0.15, -0.1) is 0 Å². The number of para-hydroxylation sites is 1. The molecule has 2 aliphatic heterocycles. The van der Waals surface area contributed by atoms with Crippen LogP contribution in [0.1, 0.15) is 5.56 Å². The Balaban J connectivity index is 1.62. The summed E-state index contributed by atoms with van der Waals surface area (Å²) in [5.41, 5.74) is 1.65. The smallest absolute Gasteiger partial charge is 0.269 e. The third kappa shape index (κ3) is 3.44. The zero-order valence-corrected chi connectivity index (χ0v) is 18.3. The summed E-state index contributed by atoms with van der Waals surface area (Å²) < 4.78 is 0. The topological polar surface area (TPSA) is 96.1 Å². The van der Waals surface area contributed by atoms with Gasteiger partial charge in [-0.2, -0.15) is 5.10 Å². The molecular weight excluding hydrogens is 467 g/mol. The number of fused-ring (bicyclic) bond motifs is 1. The number of nitrogens with zero attached hydrogens (tertiary/aromatic N) is 4. The first-order valence-corrected chi connectivity index (χ1v) is 10.6. The lowest BCUT2D eigenvalue weighted by Gasteiger charge is -2.22. The third-order valence-corrected chi connectivity index (χ3v) is 6.13. The van der Waals surface area contributed by atoms with E-state index in [9.17, 15) is 19.7 Å². The molecule has 0 unspecified atom stereocenters. The highest BCUT2D eigenvalue weighted by molar-refractivity contribution is 6.40. The average molecular weight is 481 g/mol. The van der Waals surface area contributed by atoms with Crippen molar-refractivity contribution in [3.05, 3.63) is 98.5 Å². The Labute approximate surface area is 197 Å². The van der Waals surface area contributed by atoms with Crippen LogP contribution in [0.3, 0.4) is 0 Å². The largest absolute Gasteiger partial charge is 0.273 e. The number of carbonyl (C=O) groups is 2. The Hall–Kier alpha value is -3.75. The van der Waals surface area contributed by atoms with E-state index < -0.39 is 28.7 Å². The maximum atomic E-state index is 13.6. The van der Waals surface area contributed by atoms with Crippen LogP contribution in [0.2, 0.25) is 10.0 Å². The molecule has 2 aliphatic rings. The molecule has 0 N–H and O–H groups in total. The first-order chi connectivity index (χ1) is 15.9. The fourth-order valence-electron chi connectivity index (χ4n) is 4.10. The summed E-state index contributed by atoms with van der Waals surface area (Å²) in [6.07, 6.45) is 0. The van der Waals surface area contributed by atoms with Crippen LogP contribution in [-0.2, 0) is 9.59 Å². The standard InChI is InChI=1S/C23H14Cl2N4O4/c24-14-8-11-18(17(25)12-14)27-22(30)19-20(13-6-9-16(10-7-13)29(32)33)26-28(21(19)23(27)31)15-4-2-1-3-5-15/h1-12,19,21H/t19-,21-/m0/s1. The first-order valence-electron chi connectivity index (χ1n) is 9.87. The van der Waals surface area contributed by atoms with Gasteiger partial charge in [-0.1, -0.05) is 41.4 Å². The van der Waals surface area contributed by atoms with E-state index in [1.807, 2.05) is 6.07 Å². The average Bonchev–Trinajstić information content (AvgIpc) is 3.32. The molecule has 1 fully saturated rings. The number of nitro benzene ring substituents is 1. The summed E-state index contributed by atoms with van der Waals surface area (Å²) >= 11 is 12.3. The van der Waals surface area contributed by atoms with Gasteiger partial charge in [0.05, 0.1) is 27.0 Å². The molecule has 0 aromatic heterocycles. The normalized spacial score (nSPS) is 19.6. The van der Waals surface area contributed by atoms with E-state index in [4.69, 9.17) is 23.2 Å². The second kappa shape index (κ2) is 7.99. The number of amides is 2. The van der Waals surface area contributed by atoms with Crippen LogP contribution in [0, 0.1) is 16.0 Å². The van der Waals surface area contributed by atoms with Crippen molar-refractivity contribution >= 4 is 57.8 Å². The second-order valence-electron chi connectivity index (χ2n) is 7.50. The zero-order valence-electron chi connectivity index (χ0n) is 16.8. The molecule has 2 heterocycles. The molecule has 8 nitrogen and oxygen atoms in total. The van der Waals surface area contributed by atoms with Gasteiger partial charge in [-0.05, 0) is 48.0 Å². The van der Waals surface area contributed by atoms with E-state index in [1.165, 1.54) is 41.4 Å². The number of hydrazone groups is 1. The summed E-state index contributed by atoms with van der Waals surface area (Å²) in [5.74, 6) is -1.87. The number of carbonyl (C=O) groups excluding carboxylic acids is 2. The van der Waals surface area contributed by atoms with Gasteiger partial charge in [0.25, 0.3) is 11.6 Å². The van der Waals surface area contributed by atoms with Gasteiger partial charge in [-0.25, -0.2) is 4.90 Å². The van der Waals surface area contributed by atoms with Crippen LogP contribution < -0.4 is 9.91 Å². The molecule has 2 atom stereocenters. The summed E-state index contributed by atoms with van der Waals surface area (Å²) in [5, 5.41) is 17.7. The van der Waals surface area contributed by atoms with Crippen LogP contribution in [-0.4, -0.2) is 28.5 Å². The highest BCUT2D eigenvalue weighted by Gasteiger charge is 2.57. The Morgan fingerprint density at radius 3 is 2.24 bits per heavy atom. The summed E-state index contributed by atoms with van der Waals surface area (Å²) in [7, 11) is 0. The van der Waals surface area contributed by atoms with Gasteiger partial charge in [0.2, 0.25) is 5.91 Å². The van der Waals surface area contributed by atoms with Crippen molar-refractivity contribution in [3.63, 3.8) is 0 Å². The molecule has 1 saturated heterocycles. The van der Waals surface area contributed by atoms with E-state index in [1.54, 1.807) is 30.3 Å². The molecule has 0 radical (unpaired) electrons. The molecule has 10 heteroatoms. The van der Waals surface area contributed by atoms with Crippen LogP contribution in [0.25, 0.3) is 0 Å². The zero-order chi connectivity index (χ0) is 23.3. The first kappa shape index (κ1) is 21.1. The van der Waals surface area contributed by atoms with Crippen LogP contribution in [0.5, 0.6) is 0 Å². The highest BCUT2D eigenvalue weighted by Crippen LogP contribution is 2.41. The molecule has 164 valence electrons. The Morgan fingerprint density at radius 2 is 1.61 bits per heavy atom. The lowest BCUT2D eigenvalue weighted by molar-refractivity contribution is -0.384. The van der Waals surface area contributed by atoms with Gasteiger partial charge >= 0.3 is 0 Å². The van der Waals surface area contributed by atoms with Crippen molar-refractivity contribution in [2.24, 2.45) is 11.0 Å². The molecular formula is C23H14Cl2N4O4. The number of anilines is 2. The van der Waals surface area contributed by atoms with E-state index in [0.717, 1.165) is 4.90 Å². The maximum absolute atomic E-state index is 13.6. The molecule has 0 spiro atoms. The van der Waals surface area contributed by atoms with Crippen molar-refractivity contribution in [2.45, 2.75) is 6.04 Å². The minimum absolute atomic E-state index is 0.0859. The number of benzene rings is 3.